The van der Waals surface area contributed by atoms with Gasteiger partial charge in [-0.05, 0) is 35.7 Å². The Hall–Kier alpha value is -3.54. The van der Waals surface area contributed by atoms with Crippen LogP contribution in [0.15, 0.2) is 54.0 Å². The molecule has 1 aromatic heterocycles. The molecule has 0 radical (unpaired) electrons. The molecule has 2 heterocycles. The Kier molecular flexibility index (Phi) is 7.36. The van der Waals surface area contributed by atoms with E-state index in [9.17, 15) is 9.59 Å². The van der Waals surface area contributed by atoms with Crippen molar-refractivity contribution < 1.29 is 14.3 Å². The van der Waals surface area contributed by atoms with Gasteiger partial charge in [0.2, 0.25) is 5.91 Å². The van der Waals surface area contributed by atoms with Crippen LogP contribution in [0.4, 0.5) is 0 Å². The van der Waals surface area contributed by atoms with Crippen molar-refractivity contribution in [1.29, 1.82) is 5.26 Å². The van der Waals surface area contributed by atoms with Crippen molar-refractivity contribution in [3.63, 3.8) is 0 Å². The fraction of sp³-hybridized carbons (Fsp3) is 0.308. The van der Waals surface area contributed by atoms with Crippen molar-refractivity contribution in [2.24, 2.45) is 0 Å². The summed E-state index contributed by atoms with van der Waals surface area (Å²) in [5, 5.41) is 11.9. The number of thiazole rings is 1. The van der Waals surface area contributed by atoms with E-state index in [1.54, 1.807) is 41.5 Å². The van der Waals surface area contributed by atoms with Crippen LogP contribution in [0.3, 0.4) is 0 Å². The van der Waals surface area contributed by atoms with E-state index in [4.69, 9.17) is 10.00 Å². The smallest absolute Gasteiger partial charge is 0.254 e. The number of hydrogen-bond acceptors (Lipinski definition) is 6. The minimum Gasteiger partial charge on any atom is -0.380 e. The SMILES string of the molecule is COC1CC(C(=O)NCc2ccc(-c3scnc3C)cc2)N(C(=O)c2cccc(CC#N)c2)C1. The van der Waals surface area contributed by atoms with Crippen molar-refractivity contribution in [2.75, 3.05) is 13.7 Å². The molecule has 0 saturated carbocycles. The zero-order chi connectivity index (χ0) is 24.1. The molecule has 8 heteroatoms. The van der Waals surface area contributed by atoms with Crippen LogP contribution in [-0.4, -0.2) is 47.5 Å². The maximum Gasteiger partial charge on any atom is 0.254 e. The van der Waals surface area contributed by atoms with Gasteiger partial charge in [-0.3, -0.25) is 9.59 Å². The third-order valence-electron chi connectivity index (χ3n) is 6.05. The van der Waals surface area contributed by atoms with Crippen LogP contribution in [0, 0.1) is 18.3 Å². The zero-order valence-electron chi connectivity index (χ0n) is 19.2. The van der Waals surface area contributed by atoms with Gasteiger partial charge in [0, 0.05) is 32.2 Å². The number of amides is 2. The van der Waals surface area contributed by atoms with Crippen LogP contribution in [0.5, 0.6) is 0 Å². The highest BCUT2D eigenvalue weighted by Crippen LogP contribution is 2.27. The zero-order valence-corrected chi connectivity index (χ0v) is 20.0. The molecule has 1 fully saturated rings. The van der Waals surface area contributed by atoms with Crippen molar-refractivity contribution in [3.8, 4) is 16.5 Å². The molecule has 1 N–H and O–H groups in total. The molecule has 1 saturated heterocycles. The first-order valence-corrected chi connectivity index (χ1v) is 11.9. The van der Waals surface area contributed by atoms with E-state index >= 15 is 0 Å². The summed E-state index contributed by atoms with van der Waals surface area (Å²) in [6.45, 7) is 2.70. The fourth-order valence-electron chi connectivity index (χ4n) is 4.17. The number of nitrogens with one attached hydrogen (secondary N) is 1. The second kappa shape index (κ2) is 10.6. The van der Waals surface area contributed by atoms with E-state index in [-0.39, 0.29) is 24.3 Å². The molecule has 0 spiro atoms. The molecule has 2 unspecified atom stereocenters. The van der Waals surface area contributed by atoms with E-state index in [0.717, 1.165) is 27.3 Å². The van der Waals surface area contributed by atoms with Gasteiger partial charge in [-0.1, -0.05) is 36.4 Å². The molecule has 0 bridgehead atoms. The van der Waals surface area contributed by atoms with Crippen molar-refractivity contribution >= 4 is 23.2 Å². The molecule has 3 aromatic rings. The molecule has 174 valence electrons. The first-order valence-electron chi connectivity index (χ1n) is 11.1. The molecule has 2 atom stereocenters. The van der Waals surface area contributed by atoms with Crippen molar-refractivity contribution in [3.05, 3.63) is 76.4 Å². The number of likely N-dealkylation sites (tertiary alicyclic amines) is 1. The molecule has 7 nitrogen and oxygen atoms in total. The summed E-state index contributed by atoms with van der Waals surface area (Å²) in [7, 11) is 1.59. The second-order valence-corrected chi connectivity index (χ2v) is 9.14. The highest BCUT2D eigenvalue weighted by atomic mass is 32.1. The summed E-state index contributed by atoms with van der Waals surface area (Å²) >= 11 is 1.60. The summed E-state index contributed by atoms with van der Waals surface area (Å²) < 4.78 is 5.47. The fourth-order valence-corrected chi connectivity index (χ4v) is 4.98. The summed E-state index contributed by atoms with van der Waals surface area (Å²) in [4.78, 5) is 33.3. The van der Waals surface area contributed by atoms with Gasteiger partial charge in [-0.25, -0.2) is 4.98 Å². The van der Waals surface area contributed by atoms with Crippen LogP contribution in [0.25, 0.3) is 10.4 Å². The van der Waals surface area contributed by atoms with Gasteiger partial charge in [0.05, 0.1) is 34.7 Å². The number of nitriles is 1. The lowest BCUT2D eigenvalue weighted by Crippen LogP contribution is -2.45. The first-order chi connectivity index (χ1) is 16.5. The number of aromatic nitrogens is 1. The lowest BCUT2D eigenvalue weighted by atomic mass is 10.1. The lowest BCUT2D eigenvalue weighted by molar-refractivity contribution is -0.125. The van der Waals surface area contributed by atoms with E-state index in [1.807, 2.05) is 42.8 Å². The minimum atomic E-state index is -0.615. The number of aryl methyl sites for hydroxylation is 1. The van der Waals surface area contributed by atoms with Crippen LogP contribution in [-0.2, 0) is 22.5 Å². The Bertz CT molecular complexity index is 1220. The predicted molar refractivity (Wildman–Crippen MR) is 130 cm³/mol. The molecular weight excluding hydrogens is 448 g/mol. The van der Waals surface area contributed by atoms with Gasteiger partial charge < -0.3 is 15.0 Å². The van der Waals surface area contributed by atoms with Gasteiger partial charge >= 0.3 is 0 Å². The van der Waals surface area contributed by atoms with Crippen LogP contribution >= 0.6 is 11.3 Å². The molecule has 2 amide bonds. The van der Waals surface area contributed by atoms with Crippen LogP contribution in [0.1, 0.15) is 33.6 Å². The van der Waals surface area contributed by atoms with Crippen LogP contribution < -0.4 is 5.32 Å². The number of carbonyl (C=O) groups is 2. The monoisotopic (exact) mass is 474 g/mol. The highest BCUT2D eigenvalue weighted by Gasteiger charge is 2.40. The average molecular weight is 475 g/mol. The number of ether oxygens (including phenoxy) is 1. The van der Waals surface area contributed by atoms with E-state index < -0.39 is 6.04 Å². The summed E-state index contributed by atoms with van der Waals surface area (Å²) in [5.41, 5.74) is 6.15. The van der Waals surface area contributed by atoms with Crippen molar-refractivity contribution in [1.82, 2.24) is 15.2 Å². The molecule has 4 rings (SSSR count). The maximum absolute atomic E-state index is 13.2. The summed E-state index contributed by atoms with van der Waals surface area (Å²) in [6, 6.07) is 16.5. The predicted octanol–water partition coefficient (Wildman–Crippen LogP) is 3.73. The van der Waals surface area contributed by atoms with Gasteiger partial charge in [0.25, 0.3) is 5.91 Å². The minimum absolute atomic E-state index is 0.205. The number of rotatable bonds is 7. The molecule has 2 aromatic carbocycles. The quantitative estimate of drug-likeness (QED) is 0.563. The second-order valence-electron chi connectivity index (χ2n) is 8.28. The van der Waals surface area contributed by atoms with E-state index in [1.165, 1.54) is 0 Å². The standard InChI is InChI=1S/C26H26N4O3S/c1-17-24(34-16-29-17)20-8-6-19(7-9-20)14-28-25(31)23-13-22(33-2)15-30(23)26(32)21-5-3-4-18(12-21)10-11-27/h3-9,12,16,22-23H,10,13-15H2,1-2H3,(H,28,31). The Morgan fingerprint density at radius 2 is 2.03 bits per heavy atom. The Balaban J connectivity index is 1.43. The number of hydrogen-bond donors (Lipinski definition) is 1. The first kappa shape index (κ1) is 23.6. The molecule has 1 aliphatic heterocycles. The van der Waals surface area contributed by atoms with Crippen LogP contribution in [0.2, 0.25) is 0 Å². The Morgan fingerprint density at radius 1 is 1.24 bits per heavy atom. The van der Waals surface area contributed by atoms with E-state index in [0.29, 0.717) is 25.1 Å². The molecule has 0 aliphatic carbocycles. The van der Waals surface area contributed by atoms with Gasteiger partial charge in [-0.15, -0.1) is 11.3 Å². The third-order valence-corrected chi connectivity index (χ3v) is 7.02. The largest absolute Gasteiger partial charge is 0.380 e. The summed E-state index contributed by atoms with van der Waals surface area (Å²) in [6.07, 6.45) is 0.465. The molecular formula is C26H26N4O3S. The normalized spacial score (nSPS) is 17.4. The molecule has 34 heavy (non-hydrogen) atoms. The number of nitrogens with zero attached hydrogens (tertiary/aromatic N) is 3. The summed E-state index contributed by atoms with van der Waals surface area (Å²) in [5.74, 6) is -0.438. The third kappa shape index (κ3) is 5.16. The number of benzene rings is 2. The highest BCUT2D eigenvalue weighted by molar-refractivity contribution is 7.13. The Morgan fingerprint density at radius 3 is 2.71 bits per heavy atom. The van der Waals surface area contributed by atoms with Gasteiger partial charge in [0.15, 0.2) is 0 Å². The Labute approximate surface area is 203 Å². The van der Waals surface area contributed by atoms with Gasteiger partial charge in [-0.2, -0.15) is 5.26 Å². The topological polar surface area (TPSA) is 95.3 Å². The number of carbonyl (C=O) groups excluding carboxylic acids is 2. The maximum atomic E-state index is 13.2. The lowest BCUT2D eigenvalue weighted by Gasteiger charge is -2.24. The molecule has 1 aliphatic rings. The number of methoxy groups -OCH3 is 1. The van der Waals surface area contributed by atoms with Crippen molar-refractivity contribution in [2.45, 2.75) is 38.5 Å². The van der Waals surface area contributed by atoms with Gasteiger partial charge in [0.1, 0.15) is 6.04 Å². The average Bonchev–Trinajstić information content (AvgIpc) is 3.49. The van der Waals surface area contributed by atoms with E-state index in [2.05, 4.69) is 16.4 Å².